The molecule has 0 aromatic heterocycles. The molecule has 1 aliphatic heterocycles. The smallest absolute Gasteiger partial charge is 0.123 e. The first-order valence-corrected chi connectivity index (χ1v) is 6.17. The molecule has 0 unspecified atom stereocenters. The largest absolute Gasteiger partial charge is 0.298 e. The quantitative estimate of drug-likeness (QED) is 0.757. The van der Waals surface area contributed by atoms with E-state index in [0.717, 1.165) is 12.0 Å². The first kappa shape index (κ1) is 11.6. The van der Waals surface area contributed by atoms with E-state index in [9.17, 15) is 4.39 Å². The van der Waals surface area contributed by atoms with Crippen molar-refractivity contribution in [3.63, 3.8) is 0 Å². The Kier molecular flexibility index (Phi) is 3.59. The van der Waals surface area contributed by atoms with Gasteiger partial charge in [-0.1, -0.05) is 12.1 Å². The van der Waals surface area contributed by atoms with Crippen molar-refractivity contribution >= 4 is 0 Å². The first-order chi connectivity index (χ1) is 7.66. The Morgan fingerprint density at radius 2 is 2.25 bits per heavy atom. The van der Waals surface area contributed by atoms with E-state index in [-0.39, 0.29) is 5.82 Å². The van der Waals surface area contributed by atoms with E-state index in [2.05, 4.69) is 18.7 Å². The summed E-state index contributed by atoms with van der Waals surface area (Å²) in [6.07, 6.45) is 3.50. The molecule has 1 aromatic carbocycles. The first-order valence-electron chi connectivity index (χ1n) is 6.17. The van der Waals surface area contributed by atoms with E-state index < -0.39 is 0 Å². The fourth-order valence-corrected chi connectivity index (χ4v) is 2.69. The zero-order valence-electron chi connectivity index (χ0n) is 10.1. The highest BCUT2D eigenvalue weighted by Gasteiger charge is 2.26. The average molecular weight is 221 g/mol. The zero-order chi connectivity index (χ0) is 11.5. The summed E-state index contributed by atoms with van der Waals surface area (Å²) < 4.78 is 13.1. The molecule has 1 atom stereocenters. The Balaban J connectivity index is 2.04. The van der Waals surface area contributed by atoms with Crippen LogP contribution in [0, 0.1) is 5.82 Å². The van der Waals surface area contributed by atoms with Crippen LogP contribution in [0.2, 0.25) is 0 Å². The summed E-state index contributed by atoms with van der Waals surface area (Å²) >= 11 is 0. The van der Waals surface area contributed by atoms with Crippen LogP contribution in [-0.4, -0.2) is 23.5 Å². The van der Waals surface area contributed by atoms with Gasteiger partial charge in [0.05, 0.1) is 0 Å². The standard InChI is InChI=1S/C14H20FN/c1-11(2)16-8-4-7-14(16)10-12-5-3-6-13(15)9-12/h3,5-6,9,11,14H,4,7-8,10H2,1-2H3/t14-/m0/s1. The lowest BCUT2D eigenvalue weighted by molar-refractivity contribution is 0.202. The molecule has 1 nitrogen and oxygen atoms in total. The van der Waals surface area contributed by atoms with Gasteiger partial charge in [0.1, 0.15) is 5.82 Å². The van der Waals surface area contributed by atoms with E-state index in [1.165, 1.54) is 25.5 Å². The maximum atomic E-state index is 13.1. The van der Waals surface area contributed by atoms with E-state index in [0.29, 0.717) is 12.1 Å². The van der Waals surface area contributed by atoms with E-state index in [1.54, 1.807) is 12.1 Å². The van der Waals surface area contributed by atoms with Crippen molar-refractivity contribution in [3.8, 4) is 0 Å². The van der Waals surface area contributed by atoms with Crippen molar-refractivity contribution < 1.29 is 4.39 Å². The van der Waals surface area contributed by atoms with Gasteiger partial charge >= 0.3 is 0 Å². The molecule has 1 heterocycles. The van der Waals surface area contributed by atoms with Crippen LogP contribution in [0.3, 0.4) is 0 Å². The number of likely N-dealkylation sites (tertiary alicyclic amines) is 1. The van der Waals surface area contributed by atoms with Crippen LogP contribution in [0.25, 0.3) is 0 Å². The molecule has 0 amide bonds. The summed E-state index contributed by atoms with van der Waals surface area (Å²) in [4.78, 5) is 2.53. The Morgan fingerprint density at radius 3 is 2.94 bits per heavy atom. The maximum Gasteiger partial charge on any atom is 0.123 e. The molecule has 0 saturated carbocycles. The minimum atomic E-state index is -0.119. The van der Waals surface area contributed by atoms with Crippen molar-refractivity contribution in [2.75, 3.05) is 6.54 Å². The Hall–Kier alpha value is -0.890. The molecule has 0 radical (unpaired) electrons. The second-order valence-electron chi connectivity index (χ2n) is 4.96. The van der Waals surface area contributed by atoms with Crippen LogP contribution in [0.15, 0.2) is 24.3 Å². The zero-order valence-corrected chi connectivity index (χ0v) is 10.1. The van der Waals surface area contributed by atoms with Crippen molar-refractivity contribution in [1.82, 2.24) is 4.90 Å². The number of halogens is 1. The predicted octanol–water partition coefficient (Wildman–Crippen LogP) is 3.24. The van der Waals surface area contributed by atoms with E-state index in [1.807, 2.05) is 6.07 Å². The highest BCUT2D eigenvalue weighted by molar-refractivity contribution is 5.17. The number of nitrogens with zero attached hydrogens (tertiary/aromatic N) is 1. The van der Waals surface area contributed by atoms with Crippen molar-refractivity contribution in [1.29, 1.82) is 0 Å². The van der Waals surface area contributed by atoms with Crippen molar-refractivity contribution in [2.24, 2.45) is 0 Å². The van der Waals surface area contributed by atoms with Gasteiger partial charge in [-0.05, 0) is 57.4 Å². The molecule has 88 valence electrons. The van der Waals surface area contributed by atoms with Gasteiger partial charge in [-0.25, -0.2) is 4.39 Å². The number of hydrogen-bond acceptors (Lipinski definition) is 1. The molecule has 2 rings (SSSR count). The second kappa shape index (κ2) is 4.96. The van der Waals surface area contributed by atoms with Crippen LogP contribution in [0.5, 0.6) is 0 Å². The highest BCUT2D eigenvalue weighted by atomic mass is 19.1. The summed E-state index contributed by atoms with van der Waals surface area (Å²) in [6.45, 7) is 5.67. The number of hydrogen-bond donors (Lipinski definition) is 0. The van der Waals surface area contributed by atoms with Crippen LogP contribution in [0.1, 0.15) is 32.3 Å². The average Bonchev–Trinajstić information content (AvgIpc) is 2.66. The molecular formula is C14H20FN. The fourth-order valence-electron chi connectivity index (χ4n) is 2.69. The summed E-state index contributed by atoms with van der Waals surface area (Å²) in [5, 5.41) is 0. The molecule has 2 heteroatoms. The van der Waals surface area contributed by atoms with Gasteiger partial charge in [-0.2, -0.15) is 0 Å². The summed E-state index contributed by atoms with van der Waals surface area (Å²) in [7, 11) is 0. The molecule has 0 aliphatic carbocycles. The van der Waals surface area contributed by atoms with Crippen LogP contribution in [0.4, 0.5) is 4.39 Å². The molecule has 1 aliphatic rings. The molecule has 16 heavy (non-hydrogen) atoms. The van der Waals surface area contributed by atoms with Gasteiger partial charge in [-0.3, -0.25) is 4.90 Å². The minimum Gasteiger partial charge on any atom is -0.298 e. The number of benzene rings is 1. The molecule has 0 N–H and O–H groups in total. The molecular weight excluding hydrogens is 201 g/mol. The SMILES string of the molecule is CC(C)N1CCC[C@H]1Cc1cccc(F)c1. The van der Waals surface area contributed by atoms with Crippen LogP contribution >= 0.6 is 0 Å². The second-order valence-corrected chi connectivity index (χ2v) is 4.96. The Morgan fingerprint density at radius 1 is 1.44 bits per heavy atom. The van der Waals surface area contributed by atoms with Gasteiger partial charge in [-0.15, -0.1) is 0 Å². The Labute approximate surface area is 97.3 Å². The molecule has 1 fully saturated rings. The van der Waals surface area contributed by atoms with Gasteiger partial charge < -0.3 is 0 Å². The summed E-state index contributed by atoms with van der Waals surface area (Å²) in [5.74, 6) is -0.119. The summed E-state index contributed by atoms with van der Waals surface area (Å²) in [6, 6.07) is 8.21. The predicted molar refractivity (Wildman–Crippen MR) is 65.0 cm³/mol. The van der Waals surface area contributed by atoms with Crippen LogP contribution < -0.4 is 0 Å². The monoisotopic (exact) mass is 221 g/mol. The van der Waals surface area contributed by atoms with Gasteiger partial charge in [0, 0.05) is 12.1 Å². The molecule has 1 saturated heterocycles. The van der Waals surface area contributed by atoms with Gasteiger partial charge in [0.15, 0.2) is 0 Å². The highest BCUT2D eigenvalue weighted by Crippen LogP contribution is 2.23. The molecule has 0 spiro atoms. The minimum absolute atomic E-state index is 0.119. The molecule has 1 aromatic rings. The van der Waals surface area contributed by atoms with Crippen LogP contribution in [-0.2, 0) is 6.42 Å². The van der Waals surface area contributed by atoms with Crippen molar-refractivity contribution in [2.45, 2.75) is 45.2 Å². The maximum absolute atomic E-state index is 13.1. The molecule has 0 bridgehead atoms. The third kappa shape index (κ3) is 2.62. The lowest BCUT2D eigenvalue weighted by atomic mass is 10.0. The third-order valence-electron chi connectivity index (χ3n) is 3.45. The normalized spacial score (nSPS) is 21.9. The van der Waals surface area contributed by atoms with Gasteiger partial charge in [0.2, 0.25) is 0 Å². The summed E-state index contributed by atoms with van der Waals surface area (Å²) in [5.41, 5.74) is 1.12. The lowest BCUT2D eigenvalue weighted by Gasteiger charge is -2.28. The number of rotatable bonds is 3. The topological polar surface area (TPSA) is 3.24 Å². The fraction of sp³-hybridized carbons (Fsp3) is 0.571. The lowest BCUT2D eigenvalue weighted by Crippen LogP contribution is -2.36. The van der Waals surface area contributed by atoms with E-state index >= 15 is 0 Å². The van der Waals surface area contributed by atoms with E-state index in [4.69, 9.17) is 0 Å². The third-order valence-corrected chi connectivity index (χ3v) is 3.45. The Bertz CT molecular complexity index is 348. The van der Waals surface area contributed by atoms with Crippen molar-refractivity contribution in [3.05, 3.63) is 35.6 Å². The van der Waals surface area contributed by atoms with Gasteiger partial charge in [0.25, 0.3) is 0 Å².